The highest BCUT2D eigenvalue weighted by atomic mass is 16.5. The van der Waals surface area contributed by atoms with Crippen molar-refractivity contribution >= 4 is 22.8 Å². The Morgan fingerprint density at radius 1 is 1.29 bits per heavy atom. The summed E-state index contributed by atoms with van der Waals surface area (Å²) in [5.74, 6) is -1.44. The second-order valence-corrected chi connectivity index (χ2v) is 3.66. The fourth-order valence-electron chi connectivity index (χ4n) is 1.76. The average Bonchev–Trinajstić information content (AvgIpc) is 2.65. The maximum Gasteiger partial charge on any atom is 0.354 e. The van der Waals surface area contributed by atoms with Crippen molar-refractivity contribution in [3.8, 4) is 0 Å². The molecule has 1 aromatic heterocycles. The lowest BCUT2D eigenvalue weighted by atomic mass is 10.1. The molecule has 5 heteroatoms. The number of fused-ring (bicyclic) bond motifs is 1. The number of nitrogens with zero attached hydrogens (tertiary/aromatic N) is 1. The Bertz CT molecular complexity index is 612. The summed E-state index contributed by atoms with van der Waals surface area (Å²) in [5.41, 5.74) is 1.27. The van der Waals surface area contributed by atoms with E-state index in [1.807, 2.05) is 0 Å². The van der Waals surface area contributed by atoms with E-state index in [4.69, 9.17) is 5.11 Å². The fraction of sp³-hybridized carbons (Fsp3) is 0.167. The first-order valence-electron chi connectivity index (χ1n) is 4.95. The Labute approximate surface area is 97.2 Å². The SMILES string of the molecule is COC(=O)c1cc2ccc(C(=O)O)cc2n1C. The van der Waals surface area contributed by atoms with Gasteiger partial charge in [0.05, 0.1) is 12.7 Å². The van der Waals surface area contributed by atoms with Crippen molar-refractivity contribution in [3.63, 3.8) is 0 Å². The lowest BCUT2D eigenvalue weighted by molar-refractivity contribution is 0.0589. The van der Waals surface area contributed by atoms with Crippen molar-refractivity contribution < 1.29 is 19.4 Å². The zero-order valence-electron chi connectivity index (χ0n) is 9.43. The Balaban J connectivity index is 2.66. The van der Waals surface area contributed by atoms with Gasteiger partial charge in [-0.1, -0.05) is 6.07 Å². The molecule has 0 unspecified atom stereocenters. The molecule has 0 saturated heterocycles. The standard InChI is InChI=1S/C12H11NO4/c1-13-9-6-8(11(14)15)4-3-7(9)5-10(13)12(16)17-2/h3-6H,1-2H3,(H,14,15). The monoisotopic (exact) mass is 233 g/mol. The zero-order chi connectivity index (χ0) is 12.6. The molecule has 5 nitrogen and oxygen atoms in total. The van der Waals surface area contributed by atoms with Gasteiger partial charge in [0, 0.05) is 18.0 Å². The molecular weight excluding hydrogens is 222 g/mol. The predicted octanol–water partition coefficient (Wildman–Crippen LogP) is 1.66. The van der Waals surface area contributed by atoms with Crippen LogP contribution in [0.15, 0.2) is 24.3 Å². The van der Waals surface area contributed by atoms with Crippen LogP contribution in [0.3, 0.4) is 0 Å². The quantitative estimate of drug-likeness (QED) is 0.801. The van der Waals surface area contributed by atoms with E-state index >= 15 is 0 Å². The number of aromatic carboxylic acids is 1. The molecule has 17 heavy (non-hydrogen) atoms. The number of methoxy groups -OCH3 is 1. The van der Waals surface area contributed by atoms with Crippen LogP contribution in [0, 0.1) is 0 Å². The Morgan fingerprint density at radius 3 is 2.59 bits per heavy atom. The van der Waals surface area contributed by atoms with Crippen molar-refractivity contribution in [1.82, 2.24) is 4.57 Å². The molecule has 0 aliphatic heterocycles. The smallest absolute Gasteiger partial charge is 0.354 e. The van der Waals surface area contributed by atoms with Crippen LogP contribution in [0.1, 0.15) is 20.8 Å². The third-order valence-corrected chi connectivity index (χ3v) is 2.69. The molecule has 0 spiro atoms. The van der Waals surface area contributed by atoms with Crippen LogP contribution in [-0.4, -0.2) is 28.7 Å². The Morgan fingerprint density at radius 2 is 2.00 bits per heavy atom. The number of rotatable bonds is 2. The van der Waals surface area contributed by atoms with E-state index in [0.29, 0.717) is 11.2 Å². The number of carbonyl (C=O) groups is 2. The van der Waals surface area contributed by atoms with Gasteiger partial charge < -0.3 is 14.4 Å². The molecule has 0 atom stereocenters. The summed E-state index contributed by atoms with van der Waals surface area (Å²) in [6, 6.07) is 6.38. The van der Waals surface area contributed by atoms with E-state index in [0.717, 1.165) is 5.39 Å². The highest BCUT2D eigenvalue weighted by Gasteiger charge is 2.14. The number of hydrogen-bond donors (Lipinski definition) is 1. The number of esters is 1. The lowest BCUT2D eigenvalue weighted by Crippen LogP contribution is -2.07. The normalized spacial score (nSPS) is 10.5. The van der Waals surface area contributed by atoms with Crippen LogP contribution in [0.4, 0.5) is 0 Å². The summed E-state index contributed by atoms with van der Waals surface area (Å²) in [6.45, 7) is 0. The van der Waals surface area contributed by atoms with E-state index in [-0.39, 0.29) is 5.56 Å². The van der Waals surface area contributed by atoms with Gasteiger partial charge in [-0.3, -0.25) is 0 Å². The number of hydrogen-bond acceptors (Lipinski definition) is 3. The van der Waals surface area contributed by atoms with Gasteiger partial charge in [0.25, 0.3) is 0 Å². The number of carboxylic acid groups (broad SMARTS) is 1. The largest absolute Gasteiger partial charge is 0.478 e. The van der Waals surface area contributed by atoms with Gasteiger partial charge in [-0.25, -0.2) is 9.59 Å². The number of carbonyl (C=O) groups excluding carboxylic acids is 1. The van der Waals surface area contributed by atoms with Crippen molar-refractivity contribution in [2.24, 2.45) is 7.05 Å². The van der Waals surface area contributed by atoms with Gasteiger partial charge >= 0.3 is 11.9 Å². The molecule has 2 aromatic rings. The molecule has 1 N–H and O–H groups in total. The van der Waals surface area contributed by atoms with Crippen molar-refractivity contribution in [1.29, 1.82) is 0 Å². The third-order valence-electron chi connectivity index (χ3n) is 2.69. The molecule has 1 heterocycles. The molecule has 0 saturated carbocycles. The molecule has 0 radical (unpaired) electrons. The molecule has 0 bridgehead atoms. The first kappa shape index (κ1) is 11.2. The molecule has 1 aromatic carbocycles. The van der Waals surface area contributed by atoms with Gasteiger partial charge in [-0.05, 0) is 18.2 Å². The van der Waals surface area contributed by atoms with E-state index in [1.54, 1.807) is 23.7 Å². The second-order valence-electron chi connectivity index (χ2n) is 3.66. The topological polar surface area (TPSA) is 68.5 Å². The van der Waals surface area contributed by atoms with Crippen LogP contribution >= 0.6 is 0 Å². The zero-order valence-corrected chi connectivity index (χ0v) is 9.43. The number of aryl methyl sites for hydroxylation is 1. The van der Waals surface area contributed by atoms with Gasteiger partial charge in [0.1, 0.15) is 5.69 Å². The van der Waals surface area contributed by atoms with E-state index < -0.39 is 11.9 Å². The molecule has 88 valence electrons. The van der Waals surface area contributed by atoms with Crippen LogP contribution in [-0.2, 0) is 11.8 Å². The van der Waals surface area contributed by atoms with Crippen molar-refractivity contribution in [2.75, 3.05) is 7.11 Å². The van der Waals surface area contributed by atoms with E-state index in [9.17, 15) is 9.59 Å². The van der Waals surface area contributed by atoms with E-state index in [1.165, 1.54) is 19.2 Å². The third kappa shape index (κ3) is 1.75. The summed E-state index contributed by atoms with van der Waals surface area (Å²) in [6.07, 6.45) is 0. The van der Waals surface area contributed by atoms with E-state index in [2.05, 4.69) is 4.74 Å². The number of carboxylic acids is 1. The van der Waals surface area contributed by atoms with Gasteiger partial charge in [-0.15, -0.1) is 0 Å². The highest BCUT2D eigenvalue weighted by Crippen LogP contribution is 2.20. The first-order valence-corrected chi connectivity index (χ1v) is 4.95. The predicted molar refractivity (Wildman–Crippen MR) is 61.2 cm³/mol. The number of ether oxygens (including phenoxy) is 1. The minimum absolute atomic E-state index is 0.190. The van der Waals surface area contributed by atoms with Gasteiger partial charge in [-0.2, -0.15) is 0 Å². The molecular formula is C12H11NO4. The van der Waals surface area contributed by atoms with Crippen LogP contribution in [0.2, 0.25) is 0 Å². The number of benzene rings is 1. The van der Waals surface area contributed by atoms with Crippen LogP contribution < -0.4 is 0 Å². The minimum Gasteiger partial charge on any atom is -0.478 e. The summed E-state index contributed by atoms with van der Waals surface area (Å²) in [4.78, 5) is 22.3. The summed E-state index contributed by atoms with van der Waals surface area (Å²) in [7, 11) is 3.00. The maximum atomic E-state index is 11.5. The van der Waals surface area contributed by atoms with Crippen LogP contribution in [0.25, 0.3) is 10.9 Å². The summed E-state index contributed by atoms with van der Waals surface area (Å²) < 4.78 is 6.27. The van der Waals surface area contributed by atoms with Gasteiger partial charge in [0.2, 0.25) is 0 Å². The maximum absolute atomic E-state index is 11.5. The molecule has 0 amide bonds. The fourth-order valence-corrected chi connectivity index (χ4v) is 1.76. The Hall–Kier alpha value is -2.30. The van der Waals surface area contributed by atoms with Crippen molar-refractivity contribution in [3.05, 3.63) is 35.5 Å². The van der Waals surface area contributed by atoms with Crippen LogP contribution in [0.5, 0.6) is 0 Å². The molecule has 0 aliphatic rings. The van der Waals surface area contributed by atoms with Crippen molar-refractivity contribution in [2.45, 2.75) is 0 Å². The number of aromatic nitrogens is 1. The minimum atomic E-state index is -0.993. The molecule has 0 aliphatic carbocycles. The Kier molecular flexibility index (Phi) is 2.59. The molecule has 2 rings (SSSR count). The summed E-state index contributed by atoms with van der Waals surface area (Å²) >= 11 is 0. The lowest BCUT2D eigenvalue weighted by Gasteiger charge is -2.02. The summed E-state index contributed by atoms with van der Waals surface area (Å²) in [5, 5.41) is 9.70. The second kappa shape index (κ2) is 3.93. The van der Waals surface area contributed by atoms with Gasteiger partial charge in [0.15, 0.2) is 0 Å². The average molecular weight is 233 g/mol. The molecule has 0 fully saturated rings. The first-order chi connectivity index (χ1) is 8.04. The highest BCUT2D eigenvalue weighted by molar-refractivity contribution is 5.98.